The van der Waals surface area contributed by atoms with E-state index in [2.05, 4.69) is 0 Å². The minimum absolute atomic E-state index is 0.0229. The molecule has 47 heavy (non-hydrogen) atoms. The zero-order valence-electron chi connectivity index (χ0n) is 27.1. The van der Waals surface area contributed by atoms with Crippen LogP contribution in [0.4, 0.5) is 0 Å². The summed E-state index contributed by atoms with van der Waals surface area (Å²) >= 11 is 1.25. The summed E-state index contributed by atoms with van der Waals surface area (Å²) in [6, 6.07) is 6.45. The Labute approximate surface area is 276 Å². The lowest BCUT2D eigenvalue weighted by atomic mass is 10.1. The van der Waals surface area contributed by atoms with Crippen molar-refractivity contribution in [2.24, 2.45) is 0 Å². The number of aryl methyl sites for hydroxylation is 1. The van der Waals surface area contributed by atoms with Crippen molar-refractivity contribution in [3.8, 4) is 5.75 Å². The number of fused-ring (bicyclic) bond motifs is 1. The molecule has 266 valence electrons. The van der Waals surface area contributed by atoms with Crippen molar-refractivity contribution < 1.29 is 63.7 Å². The first-order valence-electron chi connectivity index (χ1n) is 13.5. The molecule has 0 spiro atoms. The summed E-state index contributed by atoms with van der Waals surface area (Å²) in [6.07, 6.45) is -1.63. The quantitative estimate of drug-likeness (QED) is 0.154. The van der Waals surface area contributed by atoms with Crippen LogP contribution in [-0.4, -0.2) is 137 Å². The number of hydrogen-bond donors (Lipinski definition) is 2. The lowest BCUT2D eigenvalue weighted by molar-refractivity contribution is -0.189. The highest BCUT2D eigenvalue weighted by molar-refractivity contribution is 7.99. The Kier molecular flexibility index (Phi) is 16.3. The average molecular weight is 729 g/mol. The van der Waals surface area contributed by atoms with Crippen LogP contribution in [0.2, 0.25) is 0 Å². The van der Waals surface area contributed by atoms with Crippen molar-refractivity contribution in [2.75, 3.05) is 59.5 Å². The maximum absolute atomic E-state index is 12.7. The summed E-state index contributed by atoms with van der Waals surface area (Å²) < 4.78 is 80.1. The van der Waals surface area contributed by atoms with Crippen LogP contribution < -0.4 is 10.4 Å². The minimum atomic E-state index is -3.67. The van der Waals surface area contributed by atoms with Crippen molar-refractivity contribution in [1.82, 2.24) is 9.80 Å². The zero-order valence-corrected chi connectivity index (χ0v) is 29.5. The van der Waals surface area contributed by atoms with Crippen molar-refractivity contribution in [3.63, 3.8) is 0 Å². The first-order chi connectivity index (χ1) is 21.4. The molecule has 1 saturated heterocycles. The van der Waals surface area contributed by atoms with E-state index in [0.29, 0.717) is 23.8 Å². The van der Waals surface area contributed by atoms with E-state index in [0.717, 1.165) is 10.9 Å². The van der Waals surface area contributed by atoms with Gasteiger partial charge in [-0.05, 0) is 52.8 Å². The number of carbonyl (C=O) groups excluding carboxylic acids is 3. The maximum Gasteiger partial charge on any atom is 0.336 e. The smallest absolute Gasteiger partial charge is 0.336 e. The summed E-state index contributed by atoms with van der Waals surface area (Å²) in [4.78, 5) is 52.2. The summed E-state index contributed by atoms with van der Waals surface area (Å²) in [7, 11) is -0.485. The van der Waals surface area contributed by atoms with Crippen LogP contribution in [0.25, 0.3) is 11.0 Å². The predicted octanol–water partition coefficient (Wildman–Crippen LogP) is 0.440. The number of nitrogens with zero attached hydrogens (tertiary/aromatic N) is 2. The van der Waals surface area contributed by atoms with E-state index in [-0.39, 0.29) is 18.8 Å². The summed E-state index contributed by atoms with van der Waals surface area (Å²) in [5.74, 6) is -1.11. The molecular formula is C27H40N2O15S3. The molecule has 2 N–H and O–H groups in total. The van der Waals surface area contributed by atoms with Crippen LogP contribution in [0.3, 0.4) is 0 Å². The molecule has 1 aliphatic rings. The maximum atomic E-state index is 12.7. The molecule has 0 bridgehead atoms. The number of carbonyl (C=O) groups is 3. The Morgan fingerprint density at radius 2 is 1.38 bits per heavy atom. The predicted molar refractivity (Wildman–Crippen MR) is 171 cm³/mol. The van der Waals surface area contributed by atoms with Gasteiger partial charge in [-0.25, -0.2) is 4.79 Å². The standard InChI is InChI=1S/C25H32N2O9S.2CH4O3S/c1-14-9-20(29)34-18-10-16(7-8-17(14)18)33-25-24(36-22(31)12-27(5)6)23(35-21(30)11-26(3)4)19(13-37-25)32-15(2)28;2*1-5(2,3)4/h7-10,19,23-25H,11-13H2,1-6H3;2*1H3,(H,2,3,4)/t19-,23+,24-,25-;;/m1../s1. The Morgan fingerprint density at radius 3 is 1.85 bits per heavy atom. The molecule has 0 saturated carbocycles. The molecule has 3 rings (SSSR count). The van der Waals surface area contributed by atoms with E-state index in [1.807, 2.05) is 0 Å². The number of benzene rings is 1. The van der Waals surface area contributed by atoms with Crippen LogP contribution in [0.5, 0.6) is 5.75 Å². The monoisotopic (exact) mass is 728 g/mol. The summed E-state index contributed by atoms with van der Waals surface area (Å²) in [5, 5.41) is 0.752. The highest BCUT2D eigenvalue weighted by Crippen LogP contribution is 2.35. The largest absolute Gasteiger partial charge is 0.476 e. The second-order valence-electron chi connectivity index (χ2n) is 10.7. The van der Waals surface area contributed by atoms with Gasteiger partial charge in [-0.1, -0.05) is 0 Å². The van der Waals surface area contributed by atoms with Crippen molar-refractivity contribution >= 4 is 60.9 Å². The van der Waals surface area contributed by atoms with E-state index in [9.17, 15) is 36.0 Å². The summed E-state index contributed by atoms with van der Waals surface area (Å²) in [6.45, 7) is 3.01. The third kappa shape index (κ3) is 18.0. The number of rotatable bonds is 9. The fourth-order valence-corrected chi connectivity index (χ4v) is 5.05. The first kappa shape index (κ1) is 41.8. The molecule has 0 aliphatic carbocycles. The van der Waals surface area contributed by atoms with Crippen molar-refractivity contribution in [2.45, 2.75) is 37.6 Å². The molecule has 0 amide bonds. The normalized spacial score (nSPS) is 19.5. The highest BCUT2D eigenvalue weighted by atomic mass is 32.2. The van der Waals surface area contributed by atoms with Crippen LogP contribution >= 0.6 is 11.8 Å². The molecule has 20 heteroatoms. The topological polar surface area (TPSA) is 234 Å². The average Bonchev–Trinajstić information content (AvgIpc) is 2.84. The Morgan fingerprint density at radius 1 is 0.894 bits per heavy atom. The molecule has 1 aliphatic heterocycles. The summed E-state index contributed by atoms with van der Waals surface area (Å²) in [5.41, 5.74) is -0.195. The van der Waals surface area contributed by atoms with Gasteiger partial charge in [0.25, 0.3) is 20.2 Å². The van der Waals surface area contributed by atoms with E-state index in [1.54, 1.807) is 63.1 Å². The Balaban J connectivity index is 0.000000961. The molecule has 1 aromatic carbocycles. The molecule has 0 unspecified atom stereocenters. The van der Waals surface area contributed by atoms with Crippen LogP contribution in [-0.2, 0) is 48.8 Å². The highest BCUT2D eigenvalue weighted by Gasteiger charge is 2.48. The fraction of sp³-hybridized carbons (Fsp3) is 0.556. The van der Waals surface area contributed by atoms with Gasteiger partial charge in [-0.3, -0.25) is 33.3 Å². The van der Waals surface area contributed by atoms with Gasteiger partial charge in [0.05, 0.1) is 25.6 Å². The van der Waals surface area contributed by atoms with E-state index in [1.165, 1.54) is 24.8 Å². The number of thioether (sulfide) groups is 1. The molecule has 17 nitrogen and oxygen atoms in total. The molecule has 1 aromatic heterocycles. The molecule has 4 atom stereocenters. The van der Waals surface area contributed by atoms with Gasteiger partial charge in [0.15, 0.2) is 23.7 Å². The van der Waals surface area contributed by atoms with Gasteiger partial charge in [0.1, 0.15) is 11.3 Å². The Bertz CT molecular complexity index is 1610. The number of hydrogen-bond acceptors (Lipinski definition) is 16. The van der Waals surface area contributed by atoms with Gasteiger partial charge in [-0.2, -0.15) is 16.8 Å². The van der Waals surface area contributed by atoms with Gasteiger partial charge in [-0.15, -0.1) is 11.8 Å². The fourth-order valence-electron chi connectivity index (χ4n) is 3.83. The van der Waals surface area contributed by atoms with Crippen molar-refractivity contribution in [1.29, 1.82) is 0 Å². The van der Waals surface area contributed by atoms with Crippen LogP contribution in [0, 0.1) is 6.92 Å². The number of esters is 3. The van der Waals surface area contributed by atoms with Crippen molar-refractivity contribution in [3.05, 3.63) is 40.2 Å². The van der Waals surface area contributed by atoms with Gasteiger partial charge >= 0.3 is 23.5 Å². The van der Waals surface area contributed by atoms with Gasteiger partial charge in [0.2, 0.25) is 0 Å². The van der Waals surface area contributed by atoms with E-state index in [4.69, 9.17) is 32.5 Å². The second kappa shape index (κ2) is 18.3. The SMILES string of the molecule is CC(=O)O[C@@H]1CS[C@@H](Oc2ccc3c(C)cc(=O)oc3c2)[C@H](OC(=O)CN(C)C)[C@H]1OC(=O)CN(C)C.CS(=O)(=O)O.CS(=O)(=O)O. The number of ether oxygens (including phenoxy) is 4. The zero-order chi connectivity index (χ0) is 36.3. The van der Waals surface area contributed by atoms with E-state index < -0.39 is 67.5 Å². The first-order valence-corrected chi connectivity index (χ1v) is 18.2. The molecule has 0 radical (unpaired) electrons. The molecular weight excluding hydrogens is 688 g/mol. The minimum Gasteiger partial charge on any atom is -0.476 e. The Hall–Kier alpha value is -3.27. The van der Waals surface area contributed by atoms with Gasteiger partial charge in [0, 0.05) is 30.2 Å². The third-order valence-electron chi connectivity index (χ3n) is 5.30. The van der Waals surface area contributed by atoms with E-state index >= 15 is 0 Å². The molecule has 1 fully saturated rings. The lowest BCUT2D eigenvalue weighted by Gasteiger charge is -2.40. The molecule has 2 aromatic rings. The number of likely N-dealkylation sites (N-methyl/N-ethyl adjacent to an activating group) is 2. The van der Waals surface area contributed by atoms with Crippen LogP contribution in [0.1, 0.15) is 12.5 Å². The lowest BCUT2D eigenvalue weighted by Crippen LogP contribution is -2.56. The third-order valence-corrected chi connectivity index (χ3v) is 6.52. The van der Waals surface area contributed by atoms with Crippen LogP contribution in [0.15, 0.2) is 33.5 Å². The van der Waals surface area contributed by atoms with Gasteiger partial charge < -0.3 is 23.4 Å². The molecule has 2 heterocycles. The second-order valence-corrected chi connectivity index (χ2v) is 14.8.